The monoisotopic (exact) mass is 429 g/mol. The van der Waals surface area contributed by atoms with Gasteiger partial charge in [0.25, 0.3) is 0 Å². The number of rotatable bonds is 5. The number of aromatic nitrogens is 3. The van der Waals surface area contributed by atoms with Crippen LogP contribution in [0.5, 0.6) is 11.5 Å². The van der Waals surface area contributed by atoms with Crippen molar-refractivity contribution in [3.63, 3.8) is 0 Å². The van der Waals surface area contributed by atoms with E-state index in [4.69, 9.17) is 37.4 Å². The summed E-state index contributed by atoms with van der Waals surface area (Å²) < 4.78 is 19.6. The van der Waals surface area contributed by atoms with Crippen LogP contribution in [0.25, 0.3) is 0 Å². The molecule has 0 unspecified atom stereocenters. The first kappa shape index (κ1) is 21.6. The maximum atomic E-state index is 6.57. The Kier molecular flexibility index (Phi) is 7.04. The summed E-state index contributed by atoms with van der Waals surface area (Å²) >= 11 is 12.5. The summed E-state index contributed by atoms with van der Waals surface area (Å²) in [6, 6.07) is 12.5. The van der Waals surface area contributed by atoms with E-state index in [1.54, 1.807) is 41.3 Å². The van der Waals surface area contributed by atoms with Crippen molar-refractivity contribution in [1.29, 1.82) is 0 Å². The van der Waals surface area contributed by atoms with E-state index in [-0.39, 0.29) is 37.1 Å². The molecule has 0 amide bonds. The van der Waals surface area contributed by atoms with Gasteiger partial charge in [0, 0.05) is 10.6 Å². The molecule has 4 rings (SSSR count). The summed E-state index contributed by atoms with van der Waals surface area (Å²) in [6.45, 7) is 2.76. The molecule has 1 aromatic heterocycles. The molecule has 0 spiro atoms. The van der Waals surface area contributed by atoms with E-state index in [2.05, 4.69) is 10.1 Å². The van der Waals surface area contributed by atoms with Gasteiger partial charge in [-0.1, -0.05) is 23.2 Å². The van der Waals surface area contributed by atoms with Gasteiger partial charge in [0.2, 0.25) is 5.79 Å². The Hall–Kier alpha value is -1.12. The molecule has 0 aliphatic carbocycles. The topological polar surface area (TPSA) is 58.4 Å². The Labute approximate surface area is 196 Å². The third-order valence-electron chi connectivity index (χ3n) is 4.18. The van der Waals surface area contributed by atoms with Crippen molar-refractivity contribution in [2.24, 2.45) is 0 Å². The second-order valence-corrected chi connectivity index (χ2v) is 7.13. The van der Waals surface area contributed by atoms with E-state index in [1.165, 1.54) is 6.33 Å². The van der Waals surface area contributed by atoms with Gasteiger partial charge in [-0.25, -0.2) is 9.67 Å². The molecule has 2 heterocycles. The number of nitrogens with zero attached hydrogens (tertiary/aromatic N) is 3. The Morgan fingerprint density at radius 1 is 1.21 bits per heavy atom. The van der Waals surface area contributed by atoms with Gasteiger partial charge in [-0.3, -0.25) is 0 Å². The normalized spacial score (nSPS) is 21.3. The van der Waals surface area contributed by atoms with E-state index in [0.717, 1.165) is 0 Å². The zero-order chi connectivity index (χ0) is 18.9. The number of ether oxygens (including phenoxy) is 3. The Bertz CT molecular complexity index is 931. The third-order valence-corrected chi connectivity index (χ3v) is 4.74. The minimum atomic E-state index is -1.02. The maximum Gasteiger partial charge on any atom is 1.00 e. The van der Waals surface area contributed by atoms with Gasteiger partial charge in [0.05, 0.1) is 17.7 Å². The fraction of sp³-hybridized carbons (Fsp3) is 0.263. The van der Waals surface area contributed by atoms with Gasteiger partial charge in [0.15, 0.2) is 0 Å². The smallest absolute Gasteiger partial charge is 1.00 e. The zero-order valence-electron chi connectivity index (χ0n) is 16.5. The van der Waals surface area contributed by atoms with Crippen LogP contribution >= 0.6 is 23.2 Å². The van der Waals surface area contributed by atoms with Crippen molar-refractivity contribution in [1.82, 2.24) is 14.8 Å². The van der Waals surface area contributed by atoms with Crippen LogP contribution in [-0.4, -0.2) is 27.5 Å². The second-order valence-electron chi connectivity index (χ2n) is 6.28. The first-order valence-corrected chi connectivity index (χ1v) is 9.17. The molecule has 1 fully saturated rings. The summed E-state index contributed by atoms with van der Waals surface area (Å²) in [5, 5.41) is 5.28. The SMILES string of the molecule is C[C@H]1CO[C@](Cn2cncn2)(c2ccc(Oc3ccc(Cl)cc3)cc2Cl)O1.[H-].[Na+]. The van der Waals surface area contributed by atoms with E-state index in [1.807, 2.05) is 19.1 Å². The predicted molar refractivity (Wildman–Crippen MR) is 102 cm³/mol. The molecular formula is C19H18Cl2N3NaO3. The average Bonchev–Trinajstić information content (AvgIpc) is 3.28. The van der Waals surface area contributed by atoms with Crippen LogP contribution in [0.4, 0.5) is 0 Å². The van der Waals surface area contributed by atoms with Crippen molar-refractivity contribution in [2.75, 3.05) is 6.61 Å². The third kappa shape index (κ3) is 4.71. The molecule has 9 heteroatoms. The van der Waals surface area contributed by atoms with Crippen LogP contribution in [0.3, 0.4) is 0 Å². The summed E-state index contributed by atoms with van der Waals surface area (Å²) in [6.07, 6.45) is 3.02. The van der Waals surface area contributed by atoms with E-state index >= 15 is 0 Å². The fourth-order valence-corrected chi connectivity index (χ4v) is 3.43. The van der Waals surface area contributed by atoms with E-state index < -0.39 is 5.79 Å². The van der Waals surface area contributed by atoms with Gasteiger partial charge in [-0.2, -0.15) is 5.10 Å². The van der Waals surface area contributed by atoms with Crippen LogP contribution in [0.15, 0.2) is 55.1 Å². The van der Waals surface area contributed by atoms with E-state index in [9.17, 15) is 0 Å². The van der Waals surface area contributed by atoms with Crippen molar-refractivity contribution in [3.05, 3.63) is 70.7 Å². The molecule has 28 heavy (non-hydrogen) atoms. The van der Waals surface area contributed by atoms with Crippen LogP contribution < -0.4 is 34.3 Å². The van der Waals surface area contributed by atoms with Crippen molar-refractivity contribution in [2.45, 2.75) is 25.4 Å². The molecule has 1 saturated heterocycles. The van der Waals surface area contributed by atoms with Gasteiger partial charge in [0.1, 0.15) is 30.7 Å². The van der Waals surface area contributed by atoms with Gasteiger partial charge in [-0.15, -0.1) is 0 Å². The zero-order valence-corrected chi connectivity index (χ0v) is 19.0. The van der Waals surface area contributed by atoms with Crippen molar-refractivity contribution in [3.8, 4) is 11.5 Å². The number of hydrogen-bond acceptors (Lipinski definition) is 5. The molecule has 3 aromatic rings. The molecule has 0 radical (unpaired) electrons. The van der Waals surface area contributed by atoms with Crippen LogP contribution in [0.1, 0.15) is 13.9 Å². The molecule has 0 N–H and O–H groups in total. The minimum Gasteiger partial charge on any atom is -1.00 e. The predicted octanol–water partition coefficient (Wildman–Crippen LogP) is 1.78. The molecule has 1 aliphatic rings. The summed E-state index contributed by atoms with van der Waals surface area (Å²) in [5.74, 6) is 0.249. The molecule has 1 aliphatic heterocycles. The number of halogens is 2. The molecule has 6 nitrogen and oxygen atoms in total. The number of benzene rings is 2. The Morgan fingerprint density at radius 3 is 2.57 bits per heavy atom. The molecular weight excluding hydrogens is 412 g/mol. The summed E-state index contributed by atoms with van der Waals surface area (Å²) in [4.78, 5) is 3.98. The van der Waals surface area contributed by atoms with Crippen LogP contribution in [0.2, 0.25) is 10.0 Å². The van der Waals surface area contributed by atoms with E-state index in [0.29, 0.717) is 40.3 Å². The molecule has 0 saturated carbocycles. The summed E-state index contributed by atoms with van der Waals surface area (Å²) in [5.41, 5.74) is 0.715. The first-order chi connectivity index (χ1) is 13.0. The first-order valence-electron chi connectivity index (χ1n) is 8.42. The second kappa shape index (κ2) is 9.13. The van der Waals surface area contributed by atoms with Gasteiger partial charge < -0.3 is 15.6 Å². The maximum absolute atomic E-state index is 6.57. The van der Waals surface area contributed by atoms with Crippen LogP contribution in [-0.2, 0) is 21.8 Å². The Morgan fingerprint density at radius 2 is 1.96 bits per heavy atom. The Balaban J connectivity index is 0.00000150. The molecule has 2 aromatic carbocycles. The standard InChI is InChI=1S/C19H17Cl2N3O3.Na.H/c1-13-9-25-19(27-13,10-24-12-22-11-23-24)17-7-6-16(8-18(17)21)26-15-4-2-14(20)3-5-15;;/h2-8,11-13H,9-10H2,1H3;;/q;+1;-1/t13-,19-;;/m0../s1. The number of hydrogen-bond donors (Lipinski definition) is 0. The van der Waals surface area contributed by atoms with Crippen LogP contribution in [0, 0.1) is 0 Å². The molecule has 142 valence electrons. The van der Waals surface area contributed by atoms with Crippen molar-refractivity contribution < 1.29 is 45.2 Å². The van der Waals surface area contributed by atoms with Gasteiger partial charge in [-0.05, 0) is 49.4 Å². The molecule has 2 atom stereocenters. The fourth-order valence-electron chi connectivity index (χ4n) is 2.99. The summed E-state index contributed by atoms with van der Waals surface area (Å²) in [7, 11) is 0. The van der Waals surface area contributed by atoms with Crippen molar-refractivity contribution >= 4 is 23.2 Å². The quantitative estimate of drug-likeness (QED) is 0.578. The molecule has 0 bridgehead atoms. The largest absolute Gasteiger partial charge is 1.00 e. The minimum absolute atomic E-state index is 0. The average molecular weight is 430 g/mol. The van der Waals surface area contributed by atoms with Gasteiger partial charge >= 0.3 is 29.6 Å².